The maximum atomic E-state index is 12.4. The number of nitrogens with one attached hydrogen (secondary N) is 1. The number of rotatable bonds is 4. The van der Waals surface area contributed by atoms with Crippen molar-refractivity contribution in [1.29, 1.82) is 0 Å². The van der Waals surface area contributed by atoms with Gasteiger partial charge in [0.2, 0.25) is 5.91 Å². The van der Waals surface area contributed by atoms with Gasteiger partial charge in [0.05, 0.1) is 10.9 Å². The van der Waals surface area contributed by atoms with Gasteiger partial charge in [-0.05, 0) is 38.0 Å². The molecule has 1 aliphatic carbocycles. The summed E-state index contributed by atoms with van der Waals surface area (Å²) in [6.07, 6.45) is 3.52. The van der Waals surface area contributed by atoms with Gasteiger partial charge in [-0.1, -0.05) is 24.4 Å². The van der Waals surface area contributed by atoms with Crippen molar-refractivity contribution in [2.75, 3.05) is 5.32 Å². The number of nitrogens with two attached hydrogens (primary N) is 1. The molecule has 1 aliphatic rings. The second-order valence-corrected chi connectivity index (χ2v) is 6.22. The molecule has 0 radical (unpaired) electrons. The minimum absolute atomic E-state index is 0.0113. The van der Waals surface area contributed by atoms with Crippen LogP contribution in [-0.2, 0) is 4.79 Å². The molecule has 122 valence electrons. The second kappa shape index (κ2) is 6.79. The van der Waals surface area contributed by atoms with E-state index < -0.39 is 12.2 Å². The van der Waals surface area contributed by atoms with Crippen molar-refractivity contribution in [3.8, 4) is 5.75 Å². The molecule has 1 aromatic rings. The minimum atomic E-state index is -2.95. The summed E-state index contributed by atoms with van der Waals surface area (Å²) in [6, 6.07) is 4.15. The Morgan fingerprint density at radius 1 is 1.50 bits per heavy atom. The zero-order chi connectivity index (χ0) is 16.3. The first-order chi connectivity index (χ1) is 10.3. The number of carbonyl (C=O) groups is 1. The second-order valence-electron chi connectivity index (χ2n) is 5.82. The lowest BCUT2D eigenvalue weighted by Crippen LogP contribution is -2.51. The van der Waals surface area contributed by atoms with Crippen molar-refractivity contribution in [2.24, 2.45) is 11.7 Å². The monoisotopic (exact) mass is 332 g/mol. The average molecular weight is 333 g/mol. The van der Waals surface area contributed by atoms with Crippen LogP contribution in [0.15, 0.2) is 18.2 Å². The molecule has 2 unspecified atom stereocenters. The van der Waals surface area contributed by atoms with E-state index in [4.69, 9.17) is 17.3 Å². The Kier molecular flexibility index (Phi) is 5.24. The molecule has 1 aromatic carbocycles. The Morgan fingerprint density at radius 2 is 2.23 bits per heavy atom. The molecule has 4 nitrogen and oxygen atoms in total. The van der Waals surface area contributed by atoms with Gasteiger partial charge < -0.3 is 15.8 Å². The maximum absolute atomic E-state index is 12.4. The third-order valence-corrected chi connectivity index (χ3v) is 4.28. The number of anilines is 1. The minimum Gasteiger partial charge on any atom is -0.433 e. The molecule has 0 aromatic heterocycles. The molecule has 22 heavy (non-hydrogen) atoms. The number of benzene rings is 1. The van der Waals surface area contributed by atoms with Gasteiger partial charge in [-0.3, -0.25) is 4.79 Å². The molecule has 1 amide bonds. The number of hydrogen-bond acceptors (Lipinski definition) is 3. The topological polar surface area (TPSA) is 64.4 Å². The molecule has 2 atom stereocenters. The Morgan fingerprint density at radius 3 is 2.82 bits per heavy atom. The van der Waals surface area contributed by atoms with Gasteiger partial charge in [-0.25, -0.2) is 0 Å². The predicted molar refractivity (Wildman–Crippen MR) is 81.3 cm³/mol. The number of carbonyl (C=O) groups excluding carboxylic acids is 1. The van der Waals surface area contributed by atoms with E-state index in [0.29, 0.717) is 5.69 Å². The van der Waals surface area contributed by atoms with Crippen LogP contribution in [0.4, 0.5) is 14.5 Å². The highest BCUT2D eigenvalue weighted by atomic mass is 35.5. The summed E-state index contributed by atoms with van der Waals surface area (Å²) in [5.41, 5.74) is 6.09. The van der Waals surface area contributed by atoms with Crippen molar-refractivity contribution in [3.05, 3.63) is 23.2 Å². The largest absolute Gasteiger partial charge is 0.433 e. The molecule has 7 heteroatoms. The highest BCUT2D eigenvalue weighted by Gasteiger charge is 2.37. The highest BCUT2D eigenvalue weighted by molar-refractivity contribution is 6.32. The Hall–Kier alpha value is -1.40. The fourth-order valence-corrected chi connectivity index (χ4v) is 3.01. The smallest absolute Gasteiger partial charge is 0.387 e. The van der Waals surface area contributed by atoms with Crippen LogP contribution in [0, 0.1) is 5.92 Å². The number of halogens is 3. The molecular weight excluding hydrogens is 314 g/mol. The Balaban J connectivity index is 2.07. The number of alkyl halides is 2. The lowest BCUT2D eigenvalue weighted by atomic mass is 9.74. The van der Waals surface area contributed by atoms with Crippen LogP contribution in [0.5, 0.6) is 5.75 Å². The van der Waals surface area contributed by atoms with Gasteiger partial charge in [0.1, 0.15) is 5.75 Å². The van der Waals surface area contributed by atoms with Gasteiger partial charge in [-0.15, -0.1) is 0 Å². The molecule has 1 saturated carbocycles. The first-order valence-electron chi connectivity index (χ1n) is 7.14. The summed E-state index contributed by atoms with van der Waals surface area (Å²) >= 11 is 5.86. The van der Waals surface area contributed by atoms with E-state index in [1.165, 1.54) is 18.2 Å². The molecule has 0 heterocycles. The van der Waals surface area contributed by atoms with Crippen LogP contribution >= 0.6 is 11.6 Å². The Labute approximate surface area is 133 Å². The van der Waals surface area contributed by atoms with Crippen molar-refractivity contribution in [1.82, 2.24) is 0 Å². The first kappa shape index (κ1) is 17.0. The van der Waals surface area contributed by atoms with Gasteiger partial charge in [0, 0.05) is 11.2 Å². The lowest BCUT2D eigenvalue weighted by Gasteiger charge is -2.37. The quantitative estimate of drug-likeness (QED) is 0.881. The van der Waals surface area contributed by atoms with E-state index >= 15 is 0 Å². The van der Waals surface area contributed by atoms with Gasteiger partial charge in [0.15, 0.2) is 0 Å². The van der Waals surface area contributed by atoms with Crippen molar-refractivity contribution in [2.45, 2.75) is 44.8 Å². The number of hydrogen-bond donors (Lipinski definition) is 2. The maximum Gasteiger partial charge on any atom is 0.387 e. The summed E-state index contributed by atoms with van der Waals surface area (Å²) in [5, 5.41) is 2.75. The van der Waals surface area contributed by atoms with Gasteiger partial charge in [-0.2, -0.15) is 8.78 Å². The van der Waals surface area contributed by atoms with Crippen LogP contribution in [0.25, 0.3) is 0 Å². The molecule has 3 N–H and O–H groups in total. The third-order valence-electron chi connectivity index (χ3n) is 3.99. The summed E-state index contributed by atoms with van der Waals surface area (Å²) in [4.78, 5) is 12.4. The van der Waals surface area contributed by atoms with Gasteiger partial charge in [0.25, 0.3) is 0 Å². The van der Waals surface area contributed by atoms with Crippen LogP contribution in [0.2, 0.25) is 5.02 Å². The van der Waals surface area contributed by atoms with Crippen molar-refractivity contribution < 1.29 is 18.3 Å². The van der Waals surface area contributed by atoms with Crippen LogP contribution < -0.4 is 15.8 Å². The Bertz CT molecular complexity index is 552. The third kappa shape index (κ3) is 4.08. The molecule has 2 rings (SSSR count). The standard InChI is InChI=1S/C15H19ClF2N2O2/c1-15(19)7-3-2-4-10(15)13(21)20-9-5-6-12(11(16)8-9)22-14(17)18/h5-6,8,10,14H,2-4,7,19H2,1H3,(H,20,21). The first-order valence-corrected chi connectivity index (χ1v) is 7.51. The predicted octanol–water partition coefficient (Wildman–Crippen LogP) is 3.79. The lowest BCUT2D eigenvalue weighted by molar-refractivity contribution is -0.122. The fourth-order valence-electron chi connectivity index (χ4n) is 2.79. The zero-order valence-corrected chi connectivity index (χ0v) is 13.0. The van der Waals surface area contributed by atoms with E-state index in [1.54, 1.807) is 0 Å². The number of ether oxygens (including phenoxy) is 1. The number of amides is 1. The molecule has 0 saturated heterocycles. The summed E-state index contributed by atoms with van der Waals surface area (Å²) in [7, 11) is 0. The molecule has 0 spiro atoms. The zero-order valence-electron chi connectivity index (χ0n) is 12.2. The SMILES string of the molecule is CC1(N)CCCCC1C(=O)Nc1ccc(OC(F)F)c(Cl)c1. The fraction of sp³-hybridized carbons (Fsp3) is 0.533. The van der Waals surface area contributed by atoms with E-state index in [0.717, 1.165) is 25.7 Å². The van der Waals surface area contributed by atoms with E-state index in [1.807, 2.05) is 6.92 Å². The van der Waals surface area contributed by atoms with E-state index in [-0.39, 0.29) is 22.6 Å². The highest BCUT2D eigenvalue weighted by Crippen LogP contribution is 2.33. The molecule has 1 fully saturated rings. The summed E-state index contributed by atoms with van der Waals surface area (Å²) < 4.78 is 28.6. The van der Waals surface area contributed by atoms with Crippen LogP contribution in [-0.4, -0.2) is 18.1 Å². The average Bonchev–Trinajstić information content (AvgIpc) is 2.40. The summed E-state index contributed by atoms with van der Waals surface area (Å²) in [5.74, 6) is -0.587. The van der Waals surface area contributed by atoms with Gasteiger partial charge >= 0.3 is 6.61 Å². The van der Waals surface area contributed by atoms with E-state index in [2.05, 4.69) is 10.1 Å². The van der Waals surface area contributed by atoms with Crippen LogP contribution in [0.3, 0.4) is 0 Å². The van der Waals surface area contributed by atoms with E-state index in [9.17, 15) is 13.6 Å². The molecule has 0 aliphatic heterocycles. The van der Waals surface area contributed by atoms with Crippen molar-refractivity contribution in [3.63, 3.8) is 0 Å². The summed E-state index contributed by atoms with van der Waals surface area (Å²) in [6.45, 7) is -1.07. The normalized spacial score (nSPS) is 25.1. The molecule has 0 bridgehead atoms. The van der Waals surface area contributed by atoms with Crippen LogP contribution in [0.1, 0.15) is 32.6 Å². The van der Waals surface area contributed by atoms with Crippen molar-refractivity contribution >= 4 is 23.2 Å². The molecular formula is C15H19ClF2N2O2.